The number of carbonyl (C=O) groups is 1. The maximum absolute atomic E-state index is 13.5. The van der Waals surface area contributed by atoms with Crippen LogP contribution < -0.4 is 15.4 Å². The number of hydrogen-bond acceptors (Lipinski definition) is 7. The van der Waals surface area contributed by atoms with Gasteiger partial charge in [-0.2, -0.15) is 0 Å². The van der Waals surface area contributed by atoms with E-state index in [1.807, 2.05) is 52.0 Å². The highest BCUT2D eigenvalue weighted by Crippen LogP contribution is 2.39. The first-order valence-corrected chi connectivity index (χ1v) is 14.1. The number of rotatable bonds is 6. The van der Waals surface area contributed by atoms with Crippen molar-refractivity contribution < 1.29 is 18.3 Å². The number of morpholine rings is 1. The molecule has 41 heavy (non-hydrogen) atoms. The van der Waals surface area contributed by atoms with Crippen LogP contribution in [0, 0.1) is 6.92 Å². The third kappa shape index (κ3) is 4.78. The van der Waals surface area contributed by atoms with Gasteiger partial charge in [-0.1, -0.05) is 0 Å². The summed E-state index contributed by atoms with van der Waals surface area (Å²) in [5.74, 6) is -1.97. The van der Waals surface area contributed by atoms with Crippen molar-refractivity contribution in [3.63, 3.8) is 0 Å². The van der Waals surface area contributed by atoms with Gasteiger partial charge in [0.1, 0.15) is 5.82 Å². The molecule has 9 nitrogen and oxygen atoms in total. The molecule has 6 rings (SSSR count). The van der Waals surface area contributed by atoms with Crippen LogP contribution >= 0.6 is 0 Å². The first kappa shape index (κ1) is 27.7. The minimum Gasteiger partial charge on any atom is -0.373 e. The Morgan fingerprint density at radius 1 is 1.17 bits per heavy atom. The quantitative estimate of drug-likeness (QED) is 0.453. The molecule has 0 radical (unpaired) electrons. The predicted molar refractivity (Wildman–Crippen MR) is 153 cm³/mol. The summed E-state index contributed by atoms with van der Waals surface area (Å²) in [6.45, 7) is 9.29. The van der Waals surface area contributed by atoms with E-state index in [1.165, 1.54) is 0 Å². The summed E-state index contributed by atoms with van der Waals surface area (Å²) in [4.78, 5) is 41.1. The van der Waals surface area contributed by atoms with Crippen LogP contribution in [-0.4, -0.2) is 83.2 Å². The minimum absolute atomic E-state index is 0.0187. The number of ether oxygens (including phenoxy) is 1. The summed E-state index contributed by atoms with van der Waals surface area (Å²) in [5.41, 5.74) is 3.34. The average Bonchev–Trinajstić information content (AvgIpc) is 3.10. The molecule has 0 aliphatic carbocycles. The Balaban J connectivity index is 1.18. The fourth-order valence-electron chi connectivity index (χ4n) is 6.29. The number of aromatic nitrogens is 3. The molecule has 1 amide bonds. The van der Waals surface area contributed by atoms with E-state index in [2.05, 4.69) is 9.88 Å². The van der Waals surface area contributed by atoms with Crippen molar-refractivity contribution in [2.75, 3.05) is 49.6 Å². The lowest BCUT2D eigenvalue weighted by Crippen LogP contribution is -2.64. The van der Waals surface area contributed by atoms with Crippen molar-refractivity contribution in [2.24, 2.45) is 0 Å². The molecule has 218 valence electrons. The number of halogens is 2. The van der Waals surface area contributed by atoms with Gasteiger partial charge in [0.2, 0.25) is 5.91 Å². The fourth-order valence-corrected chi connectivity index (χ4v) is 6.29. The van der Waals surface area contributed by atoms with Gasteiger partial charge in [0, 0.05) is 44.6 Å². The van der Waals surface area contributed by atoms with E-state index < -0.39 is 11.3 Å². The number of hydrogen-bond donors (Lipinski definition) is 0. The van der Waals surface area contributed by atoms with Gasteiger partial charge in [-0.15, -0.1) is 0 Å². The number of nitrogens with zero attached hydrogens (tertiary/aromatic N) is 6. The topological polar surface area (TPSA) is 83.8 Å². The zero-order valence-corrected chi connectivity index (χ0v) is 24.2. The van der Waals surface area contributed by atoms with Crippen LogP contribution in [0.25, 0.3) is 10.9 Å². The minimum atomic E-state index is -2.61. The molecule has 2 atom stereocenters. The maximum atomic E-state index is 13.5. The number of pyridine rings is 1. The Labute approximate surface area is 237 Å². The van der Waals surface area contributed by atoms with Gasteiger partial charge in [-0.3, -0.25) is 24.0 Å². The molecule has 0 unspecified atom stereocenters. The number of alkyl halides is 2. The van der Waals surface area contributed by atoms with Gasteiger partial charge < -0.3 is 14.5 Å². The second-order valence-electron chi connectivity index (χ2n) is 12.1. The normalized spacial score (nSPS) is 22.6. The van der Waals surface area contributed by atoms with Crippen LogP contribution in [-0.2, 0) is 27.9 Å². The second-order valence-corrected chi connectivity index (χ2v) is 12.1. The molecule has 0 N–H and O–H groups in total. The SMILES string of the molecule is Cc1nc2cc(N3CCO[C@@H]([C@@H](C)N4CC(F)(F)C4)C3)ccc2c(=O)n1CCc1cnc2c(c1)N(C)C(=O)C2(C)C. The Kier molecular flexibility index (Phi) is 6.65. The van der Waals surface area contributed by atoms with Crippen LogP contribution in [0.2, 0.25) is 0 Å². The molecule has 2 aromatic heterocycles. The highest BCUT2D eigenvalue weighted by atomic mass is 19.3. The van der Waals surface area contributed by atoms with E-state index in [-0.39, 0.29) is 36.7 Å². The van der Waals surface area contributed by atoms with Gasteiger partial charge in [-0.25, -0.2) is 13.8 Å². The number of fused-ring (bicyclic) bond motifs is 2. The van der Waals surface area contributed by atoms with Crippen molar-refractivity contribution in [3.8, 4) is 0 Å². The molecule has 2 saturated heterocycles. The van der Waals surface area contributed by atoms with E-state index in [1.54, 1.807) is 27.6 Å². The largest absolute Gasteiger partial charge is 0.373 e. The van der Waals surface area contributed by atoms with E-state index in [9.17, 15) is 18.4 Å². The smallest absolute Gasteiger partial charge is 0.272 e. The number of anilines is 2. The van der Waals surface area contributed by atoms with E-state index in [0.29, 0.717) is 49.4 Å². The maximum Gasteiger partial charge on any atom is 0.272 e. The molecule has 1 aromatic carbocycles. The van der Waals surface area contributed by atoms with Crippen molar-refractivity contribution >= 4 is 28.2 Å². The Bertz CT molecular complexity index is 1580. The van der Waals surface area contributed by atoms with Gasteiger partial charge >= 0.3 is 0 Å². The Morgan fingerprint density at radius 3 is 2.66 bits per heavy atom. The van der Waals surface area contributed by atoms with Gasteiger partial charge in [0.15, 0.2) is 0 Å². The van der Waals surface area contributed by atoms with E-state index in [0.717, 1.165) is 22.6 Å². The predicted octanol–water partition coefficient (Wildman–Crippen LogP) is 3.14. The van der Waals surface area contributed by atoms with Crippen LogP contribution in [0.5, 0.6) is 0 Å². The Morgan fingerprint density at radius 2 is 1.93 bits per heavy atom. The number of amides is 1. The van der Waals surface area contributed by atoms with Gasteiger partial charge in [0.25, 0.3) is 11.5 Å². The number of benzene rings is 1. The van der Waals surface area contributed by atoms with Crippen LogP contribution in [0.4, 0.5) is 20.2 Å². The molecule has 2 fully saturated rings. The zero-order chi connectivity index (χ0) is 29.3. The van der Waals surface area contributed by atoms with Crippen LogP contribution in [0.1, 0.15) is 37.9 Å². The van der Waals surface area contributed by atoms with Crippen molar-refractivity contribution in [1.82, 2.24) is 19.4 Å². The molecule has 0 bridgehead atoms. The number of likely N-dealkylation sites (tertiary alicyclic amines) is 1. The second kappa shape index (κ2) is 9.84. The summed E-state index contributed by atoms with van der Waals surface area (Å²) in [7, 11) is 1.77. The Hall–Kier alpha value is -3.44. The lowest BCUT2D eigenvalue weighted by Gasteiger charge is -2.47. The summed E-state index contributed by atoms with van der Waals surface area (Å²) < 4.78 is 34.4. The molecule has 0 saturated carbocycles. The molecular formula is C30H36F2N6O3. The summed E-state index contributed by atoms with van der Waals surface area (Å²) >= 11 is 0. The van der Waals surface area contributed by atoms with Crippen LogP contribution in [0.3, 0.4) is 0 Å². The standard InChI is InChI=1S/C30H36F2N6O3/c1-18(37-16-30(31,32)17-37)25-15-36(10-11-41-25)21-6-7-22-23(13-21)34-19(2)38(27(22)39)9-8-20-12-24-26(33-14-20)29(3,4)28(40)35(24)5/h6-7,12-14,18,25H,8-11,15-17H2,1-5H3/t18-,25-/m1/s1. The first-order valence-electron chi connectivity index (χ1n) is 14.1. The third-order valence-corrected chi connectivity index (χ3v) is 8.91. The van der Waals surface area contributed by atoms with Crippen molar-refractivity contribution in [3.05, 3.63) is 57.9 Å². The lowest BCUT2D eigenvalue weighted by molar-refractivity contribution is -0.162. The molecule has 3 aliphatic heterocycles. The van der Waals surface area contributed by atoms with E-state index >= 15 is 0 Å². The highest BCUT2D eigenvalue weighted by molar-refractivity contribution is 6.06. The molecule has 11 heteroatoms. The number of carbonyl (C=O) groups excluding carboxylic acids is 1. The fraction of sp³-hybridized carbons (Fsp3) is 0.533. The van der Waals surface area contributed by atoms with Crippen molar-refractivity contribution in [2.45, 2.75) is 64.1 Å². The number of likely N-dealkylation sites (N-methyl/N-ethyl adjacent to an activating group) is 1. The van der Waals surface area contributed by atoms with Crippen molar-refractivity contribution in [1.29, 1.82) is 0 Å². The molecular weight excluding hydrogens is 530 g/mol. The summed E-state index contributed by atoms with van der Waals surface area (Å²) in [6.07, 6.45) is 2.18. The third-order valence-electron chi connectivity index (χ3n) is 8.91. The lowest BCUT2D eigenvalue weighted by atomic mass is 9.90. The average molecular weight is 567 g/mol. The van der Waals surface area contributed by atoms with Gasteiger partial charge in [-0.05, 0) is 63.9 Å². The molecule has 3 aliphatic rings. The zero-order valence-electron chi connectivity index (χ0n) is 24.2. The number of aryl methyl sites for hydroxylation is 2. The monoisotopic (exact) mass is 566 g/mol. The highest BCUT2D eigenvalue weighted by Gasteiger charge is 2.48. The van der Waals surface area contributed by atoms with E-state index in [4.69, 9.17) is 9.72 Å². The van der Waals surface area contributed by atoms with Crippen LogP contribution in [0.15, 0.2) is 35.3 Å². The molecule has 5 heterocycles. The summed E-state index contributed by atoms with van der Waals surface area (Å²) in [6, 6.07) is 7.55. The first-order chi connectivity index (χ1) is 19.4. The molecule has 3 aromatic rings. The van der Waals surface area contributed by atoms with Gasteiger partial charge in [0.05, 0.1) is 53.5 Å². The summed E-state index contributed by atoms with van der Waals surface area (Å²) in [5, 5.41) is 0.541. The molecule has 0 spiro atoms.